The number of hydrogen-bond donors (Lipinski definition) is 4. The summed E-state index contributed by atoms with van der Waals surface area (Å²) in [5.74, 6) is -2.36. The maximum Gasteiger partial charge on any atom is 0.315 e. The van der Waals surface area contributed by atoms with Crippen LogP contribution in [-0.4, -0.2) is 104 Å². The van der Waals surface area contributed by atoms with Gasteiger partial charge < -0.3 is 26.2 Å². The topological polar surface area (TPSA) is 157 Å². The summed E-state index contributed by atoms with van der Waals surface area (Å²) >= 11 is 5.96. The van der Waals surface area contributed by atoms with Gasteiger partial charge in [-0.2, -0.15) is 0 Å². The van der Waals surface area contributed by atoms with Gasteiger partial charge in [0.05, 0.1) is 6.26 Å². The Bertz CT molecular complexity index is 1580. The molecule has 12 nitrogen and oxygen atoms in total. The van der Waals surface area contributed by atoms with Crippen molar-refractivity contribution >= 4 is 45.4 Å². The molecule has 0 radical (unpaired) electrons. The summed E-state index contributed by atoms with van der Waals surface area (Å²) in [6.45, 7) is 16.7. The number of urea groups is 1. The van der Waals surface area contributed by atoms with Crippen LogP contribution in [0.4, 0.5) is 13.6 Å². The van der Waals surface area contributed by atoms with Crippen molar-refractivity contribution in [3.05, 3.63) is 34.9 Å². The van der Waals surface area contributed by atoms with E-state index in [1.165, 1.54) is 11.9 Å². The number of nitrogens with one attached hydrogen (secondary N) is 4. The maximum absolute atomic E-state index is 14.4. The first kappa shape index (κ1) is 43.4. The standard InChI is InChI=1S/C36H57ClF2N6O6S/c1-20(16-21-12-14-22(37)15-13-21)40-30(46)24(17-26(38)39)41-31(47)28-27-23(36(27,8)9)18-45(28)32(48)29(35(5,6)7)43-33(49)42-25(34(2,3)4)19-44(10)52(11,50)51/h12-15,20,23-29H,16-19H2,1-11H3,(H,40,46)(H,41,47)(H2,42,43,49)/t20?,23-,24-,25+,27-,28-,29+/m0/s1. The average Bonchev–Trinajstić information content (AvgIpc) is 3.29. The number of nitrogens with zero attached hydrogens (tertiary/aromatic N) is 2. The molecule has 0 bridgehead atoms. The monoisotopic (exact) mass is 774 g/mol. The third kappa shape index (κ3) is 11.0. The van der Waals surface area contributed by atoms with Crippen LogP contribution >= 0.6 is 11.6 Å². The highest BCUT2D eigenvalue weighted by Gasteiger charge is 2.70. The highest BCUT2D eigenvalue weighted by atomic mass is 35.5. The van der Waals surface area contributed by atoms with Crippen molar-refractivity contribution in [3.8, 4) is 0 Å². The lowest BCUT2D eigenvalue weighted by Crippen LogP contribution is -2.63. The van der Waals surface area contributed by atoms with Crippen molar-refractivity contribution in [3.63, 3.8) is 0 Å². The molecule has 4 N–H and O–H groups in total. The van der Waals surface area contributed by atoms with Crippen LogP contribution < -0.4 is 21.3 Å². The predicted octanol–water partition coefficient (Wildman–Crippen LogP) is 4.03. The second-order valence-electron chi connectivity index (χ2n) is 17.2. The second kappa shape index (κ2) is 16.1. The van der Waals surface area contributed by atoms with Crippen molar-refractivity contribution in [2.45, 2.75) is 112 Å². The minimum absolute atomic E-state index is 0.00996. The minimum Gasteiger partial charge on any atom is -0.352 e. The lowest BCUT2D eigenvalue weighted by atomic mass is 9.85. The van der Waals surface area contributed by atoms with E-state index in [4.69, 9.17) is 11.6 Å². The number of carbonyl (C=O) groups excluding carboxylic acids is 4. The number of fused-ring (bicyclic) bond motifs is 1. The van der Waals surface area contributed by atoms with Gasteiger partial charge >= 0.3 is 6.03 Å². The molecule has 1 unspecified atom stereocenters. The van der Waals surface area contributed by atoms with Gasteiger partial charge in [-0.1, -0.05) is 79.1 Å². The lowest BCUT2D eigenvalue weighted by Gasteiger charge is -2.39. The van der Waals surface area contributed by atoms with E-state index in [0.29, 0.717) is 11.4 Å². The maximum atomic E-state index is 14.4. The Labute approximate surface area is 312 Å². The quantitative estimate of drug-likeness (QED) is 0.224. The van der Waals surface area contributed by atoms with E-state index in [-0.39, 0.29) is 30.3 Å². The molecule has 1 aliphatic carbocycles. The van der Waals surface area contributed by atoms with Crippen LogP contribution in [0.2, 0.25) is 5.02 Å². The van der Waals surface area contributed by atoms with E-state index in [9.17, 15) is 36.4 Å². The number of benzene rings is 1. The zero-order chi connectivity index (χ0) is 39.7. The number of amides is 5. The first-order valence-corrected chi connectivity index (χ1v) is 19.8. The van der Waals surface area contributed by atoms with Crippen molar-refractivity contribution in [1.82, 2.24) is 30.5 Å². The molecule has 1 saturated carbocycles. The van der Waals surface area contributed by atoms with Gasteiger partial charge in [0.25, 0.3) is 0 Å². The van der Waals surface area contributed by atoms with E-state index in [2.05, 4.69) is 21.3 Å². The fourth-order valence-electron chi connectivity index (χ4n) is 6.92. The average molecular weight is 775 g/mol. The summed E-state index contributed by atoms with van der Waals surface area (Å²) in [6.07, 6.45) is -2.34. The highest BCUT2D eigenvalue weighted by molar-refractivity contribution is 7.88. The largest absolute Gasteiger partial charge is 0.352 e. The van der Waals surface area contributed by atoms with Crippen molar-refractivity contribution < 1.29 is 36.4 Å². The van der Waals surface area contributed by atoms with Crippen LogP contribution in [0.3, 0.4) is 0 Å². The third-order valence-corrected chi connectivity index (χ3v) is 11.9. The first-order valence-electron chi connectivity index (χ1n) is 17.6. The molecule has 0 aromatic heterocycles. The van der Waals surface area contributed by atoms with E-state index < -0.39 is 87.7 Å². The number of halogens is 3. The molecule has 1 heterocycles. The Balaban J connectivity index is 1.81. The molecule has 3 rings (SSSR count). The number of alkyl halides is 2. The van der Waals surface area contributed by atoms with Gasteiger partial charge in [0, 0.05) is 43.7 Å². The Hall–Kier alpha value is -3.04. The van der Waals surface area contributed by atoms with Gasteiger partial charge in [0.1, 0.15) is 18.1 Å². The molecule has 1 aliphatic heterocycles. The van der Waals surface area contributed by atoms with Crippen molar-refractivity contribution in [1.29, 1.82) is 0 Å². The van der Waals surface area contributed by atoms with E-state index in [0.717, 1.165) is 16.1 Å². The third-order valence-electron chi connectivity index (χ3n) is 10.4. The zero-order valence-corrected chi connectivity index (χ0v) is 33.7. The molecule has 5 amide bonds. The zero-order valence-electron chi connectivity index (χ0n) is 32.1. The smallest absolute Gasteiger partial charge is 0.315 e. The molecule has 2 fully saturated rings. The molecule has 294 valence electrons. The number of likely N-dealkylation sites (N-methyl/N-ethyl adjacent to an activating group) is 1. The van der Waals surface area contributed by atoms with Gasteiger partial charge in [0.15, 0.2) is 0 Å². The minimum atomic E-state index is -3.54. The Kier molecular flexibility index (Phi) is 13.5. The van der Waals surface area contributed by atoms with Gasteiger partial charge in [-0.05, 0) is 59.1 Å². The van der Waals surface area contributed by atoms with Crippen molar-refractivity contribution in [2.75, 3.05) is 26.4 Å². The van der Waals surface area contributed by atoms with Gasteiger partial charge in [-0.25, -0.2) is 26.3 Å². The number of hydrogen-bond acceptors (Lipinski definition) is 6. The van der Waals surface area contributed by atoms with Crippen molar-refractivity contribution in [2.24, 2.45) is 28.1 Å². The molecule has 2 aliphatic rings. The van der Waals surface area contributed by atoms with E-state index >= 15 is 0 Å². The van der Waals surface area contributed by atoms with Crippen LogP contribution in [-0.2, 0) is 30.8 Å². The first-order chi connectivity index (χ1) is 23.6. The molecule has 7 atom stereocenters. The summed E-state index contributed by atoms with van der Waals surface area (Å²) in [6, 6.07) is 1.51. The van der Waals surface area contributed by atoms with Crippen LogP contribution in [0.5, 0.6) is 0 Å². The van der Waals surface area contributed by atoms with Gasteiger partial charge in [0.2, 0.25) is 34.2 Å². The Morgan fingerprint density at radius 2 is 1.56 bits per heavy atom. The molecule has 52 heavy (non-hydrogen) atoms. The number of likely N-dealkylation sites (tertiary alicyclic amines) is 1. The molecule has 1 aromatic rings. The molecular formula is C36H57ClF2N6O6S. The Morgan fingerprint density at radius 1 is 0.981 bits per heavy atom. The molecule has 0 spiro atoms. The predicted molar refractivity (Wildman–Crippen MR) is 197 cm³/mol. The summed E-state index contributed by atoms with van der Waals surface area (Å²) in [4.78, 5) is 56.6. The SMILES string of the molecule is CC(Cc1ccc(Cl)cc1)NC(=O)[C@H](CC(F)F)NC(=O)[C@@H]1[C@@H]2[C@H](CN1C(=O)[C@@H](NC(=O)N[C@H](CN(C)S(C)(=O)=O)C(C)(C)C)C(C)(C)C)C2(C)C. The fourth-order valence-corrected chi connectivity index (χ4v) is 7.47. The lowest BCUT2D eigenvalue weighted by molar-refractivity contribution is -0.144. The van der Waals surface area contributed by atoms with Gasteiger partial charge in [-0.15, -0.1) is 0 Å². The number of sulfonamides is 1. The normalized spacial score (nSPS) is 22.2. The molecule has 1 aromatic carbocycles. The molecule has 16 heteroatoms. The number of piperidine rings is 1. The van der Waals surface area contributed by atoms with E-state index in [1.54, 1.807) is 52.0 Å². The summed E-state index contributed by atoms with van der Waals surface area (Å²) < 4.78 is 52.9. The van der Waals surface area contributed by atoms with E-state index in [1.807, 2.05) is 34.6 Å². The second-order valence-corrected chi connectivity index (χ2v) is 19.7. The number of carbonyl (C=O) groups is 4. The van der Waals surface area contributed by atoms with Crippen LogP contribution in [0, 0.1) is 28.1 Å². The fraction of sp³-hybridized carbons (Fsp3) is 0.722. The highest BCUT2D eigenvalue weighted by Crippen LogP contribution is 2.65. The Morgan fingerprint density at radius 3 is 2.06 bits per heavy atom. The summed E-state index contributed by atoms with van der Waals surface area (Å²) in [5.41, 5.74) is -0.840. The molecular weight excluding hydrogens is 718 g/mol. The number of rotatable bonds is 14. The van der Waals surface area contributed by atoms with Crippen LogP contribution in [0.25, 0.3) is 0 Å². The van der Waals surface area contributed by atoms with Crippen LogP contribution in [0.15, 0.2) is 24.3 Å². The van der Waals surface area contributed by atoms with Crippen LogP contribution in [0.1, 0.15) is 74.3 Å². The summed E-state index contributed by atoms with van der Waals surface area (Å²) in [5, 5.41) is 11.4. The molecule has 1 saturated heterocycles. The van der Waals surface area contributed by atoms with Gasteiger partial charge in [-0.3, -0.25) is 14.4 Å². The summed E-state index contributed by atoms with van der Waals surface area (Å²) in [7, 11) is -2.12.